The van der Waals surface area contributed by atoms with Crippen molar-refractivity contribution in [1.82, 2.24) is 5.32 Å². The first-order chi connectivity index (χ1) is 8.61. The third-order valence-corrected chi connectivity index (χ3v) is 3.76. The smallest absolute Gasteiger partial charge is 0.335 e. The Bertz CT molecular complexity index is 479. The van der Waals surface area contributed by atoms with Crippen LogP contribution in [0.2, 0.25) is 0 Å². The van der Waals surface area contributed by atoms with E-state index < -0.39 is 0 Å². The summed E-state index contributed by atoms with van der Waals surface area (Å²) >= 11 is 3.43. The highest BCUT2D eigenvalue weighted by Gasteiger charge is 2.23. The van der Waals surface area contributed by atoms with Crippen LogP contribution in [0.15, 0.2) is 40.0 Å². The predicted molar refractivity (Wildman–Crippen MR) is 74.0 cm³/mol. The zero-order chi connectivity index (χ0) is 13.1. The molecular weight excluding hydrogens is 294 g/mol. The fourth-order valence-corrected chi connectivity index (χ4v) is 2.48. The monoisotopic (exact) mass is 309 g/mol. The largest absolute Gasteiger partial charge is 0.466 e. The van der Waals surface area contributed by atoms with Crippen LogP contribution in [0.3, 0.4) is 0 Å². The average molecular weight is 310 g/mol. The number of halogens is 1. The lowest BCUT2D eigenvalue weighted by molar-refractivity contribution is -0.136. The number of carbonyl (C=O) groups excluding carboxylic acids is 1. The summed E-state index contributed by atoms with van der Waals surface area (Å²) in [5.74, 6) is -0.228. The van der Waals surface area contributed by atoms with Gasteiger partial charge in [-0.05, 0) is 37.5 Å². The molecule has 3 nitrogen and oxygen atoms in total. The van der Waals surface area contributed by atoms with Crippen molar-refractivity contribution in [3.8, 4) is 0 Å². The first-order valence-corrected chi connectivity index (χ1v) is 6.71. The van der Waals surface area contributed by atoms with Gasteiger partial charge in [-0.15, -0.1) is 0 Å². The molecule has 0 fully saturated rings. The summed E-state index contributed by atoms with van der Waals surface area (Å²) in [6.45, 7) is 1.93. The minimum atomic E-state index is -0.228. The van der Waals surface area contributed by atoms with Crippen molar-refractivity contribution in [3.05, 3.63) is 45.6 Å². The van der Waals surface area contributed by atoms with Crippen LogP contribution in [-0.4, -0.2) is 13.1 Å². The Morgan fingerprint density at radius 1 is 1.39 bits per heavy atom. The van der Waals surface area contributed by atoms with E-state index in [2.05, 4.69) is 33.4 Å². The Hall–Kier alpha value is -1.29. The highest BCUT2D eigenvalue weighted by Crippen LogP contribution is 2.29. The molecule has 0 amide bonds. The van der Waals surface area contributed by atoms with Crippen LogP contribution in [0.1, 0.15) is 31.4 Å². The van der Waals surface area contributed by atoms with Gasteiger partial charge in [0.15, 0.2) is 0 Å². The van der Waals surface area contributed by atoms with Crippen molar-refractivity contribution >= 4 is 21.9 Å². The molecular formula is C14H16BrNO2. The maximum absolute atomic E-state index is 11.5. The number of benzene rings is 1. The molecule has 0 spiro atoms. The number of ether oxygens (including phenoxy) is 1. The number of allylic oxidation sites excluding steroid dienone is 1. The first kappa shape index (κ1) is 13.1. The Labute approximate surface area is 115 Å². The summed E-state index contributed by atoms with van der Waals surface area (Å²) in [7, 11) is 1.42. The molecule has 0 unspecified atom stereocenters. The van der Waals surface area contributed by atoms with E-state index in [0.29, 0.717) is 0 Å². The summed E-state index contributed by atoms with van der Waals surface area (Å²) in [6.07, 6.45) is 1.66. The molecule has 96 valence electrons. The van der Waals surface area contributed by atoms with Crippen molar-refractivity contribution in [3.63, 3.8) is 0 Å². The van der Waals surface area contributed by atoms with Crippen LogP contribution < -0.4 is 5.32 Å². The van der Waals surface area contributed by atoms with E-state index in [-0.39, 0.29) is 12.0 Å². The number of nitrogens with one attached hydrogen (secondary N) is 1. The van der Waals surface area contributed by atoms with Gasteiger partial charge in [0.25, 0.3) is 0 Å². The molecule has 1 aliphatic rings. The fourth-order valence-electron chi connectivity index (χ4n) is 2.22. The van der Waals surface area contributed by atoms with Gasteiger partial charge in [-0.25, -0.2) is 4.79 Å². The van der Waals surface area contributed by atoms with Gasteiger partial charge in [0.05, 0.1) is 18.7 Å². The van der Waals surface area contributed by atoms with Gasteiger partial charge in [-0.2, -0.15) is 0 Å². The highest BCUT2D eigenvalue weighted by atomic mass is 79.9. The van der Waals surface area contributed by atoms with E-state index >= 15 is 0 Å². The molecule has 0 aliphatic carbocycles. The van der Waals surface area contributed by atoms with Crippen LogP contribution in [-0.2, 0) is 9.53 Å². The SMILES string of the molecule is COC(=O)C1=C(C)N[C@H](c2ccc(Br)cc2)CC1. The average Bonchev–Trinajstić information content (AvgIpc) is 2.38. The normalized spacial score (nSPS) is 19.4. The molecule has 2 rings (SSSR count). The summed E-state index contributed by atoms with van der Waals surface area (Å²) < 4.78 is 5.85. The molecule has 0 saturated carbocycles. The molecule has 1 aliphatic heterocycles. The van der Waals surface area contributed by atoms with Crippen LogP contribution >= 0.6 is 15.9 Å². The molecule has 1 N–H and O–H groups in total. The van der Waals surface area contributed by atoms with E-state index in [1.165, 1.54) is 12.7 Å². The molecule has 18 heavy (non-hydrogen) atoms. The molecule has 1 aromatic rings. The Morgan fingerprint density at radius 2 is 2.06 bits per heavy atom. The minimum Gasteiger partial charge on any atom is -0.466 e. The summed E-state index contributed by atoms with van der Waals surface area (Å²) in [6, 6.07) is 8.53. The Kier molecular flexibility index (Phi) is 4.07. The van der Waals surface area contributed by atoms with Gasteiger partial charge in [0.2, 0.25) is 0 Å². The summed E-state index contributed by atoms with van der Waals surface area (Å²) in [5.41, 5.74) is 2.91. The number of methoxy groups -OCH3 is 1. The van der Waals surface area contributed by atoms with E-state index in [0.717, 1.165) is 28.6 Å². The topological polar surface area (TPSA) is 38.3 Å². The molecule has 0 radical (unpaired) electrons. The molecule has 0 bridgehead atoms. The number of hydrogen-bond donors (Lipinski definition) is 1. The predicted octanol–water partition coefficient (Wildman–Crippen LogP) is 3.32. The third kappa shape index (κ3) is 2.75. The van der Waals surface area contributed by atoms with Gasteiger partial charge >= 0.3 is 5.97 Å². The van der Waals surface area contributed by atoms with Crippen LogP contribution in [0.5, 0.6) is 0 Å². The highest BCUT2D eigenvalue weighted by molar-refractivity contribution is 9.10. The third-order valence-electron chi connectivity index (χ3n) is 3.23. The quantitative estimate of drug-likeness (QED) is 0.852. The van der Waals surface area contributed by atoms with Crippen molar-refractivity contribution in [2.45, 2.75) is 25.8 Å². The van der Waals surface area contributed by atoms with Gasteiger partial charge < -0.3 is 10.1 Å². The zero-order valence-corrected chi connectivity index (χ0v) is 12.1. The zero-order valence-electron chi connectivity index (χ0n) is 10.5. The van der Waals surface area contributed by atoms with Crippen molar-refractivity contribution in [1.29, 1.82) is 0 Å². The van der Waals surface area contributed by atoms with Crippen LogP contribution in [0, 0.1) is 0 Å². The van der Waals surface area contributed by atoms with Gasteiger partial charge in [0, 0.05) is 10.2 Å². The summed E-state index contributed by atoms with van der Waals surface area (Å²) in [5, 5.41) is 3.38. The first-order valence-electron chi connectivity index (χ1n) is 5.92. The number of hydrogen-bond acceptors (Lipinski definition) is 3. The number of carbonyl (C=O) groups is 1. The fraction of sp³-hybridized carbons (Fsp3) is 0.357. The molecule has 0 saturated heterocycles. The van der Waals surface area contributed by atoms with E-state index in [4.69, 9.17) is 4.74 Å². The molecule has 1 heterocycles. The lowest BCUT2D eigenvalue weighted by atomic mass is 9.94. The van der Waals surface area contributed by atoms with Crippen molar-refractivity contribution in [2.75, 3.05) is 7.11 Å². The van der Waals surface area contributed by atoms with Crippen LogP contribution in [0.4, 0.5) is 0 Å². The lowest BCUT2D eigenvalue weighted by Gasteiger charge is -2.27. The maximum Gasteiger partial charge on any atom is 0.335 e. The number of esters is 1. The van der Waals surface area contributed by atoms with Crippen molar-refractivity contribution < 1.29 is 9.53 Å². The number of rotatable bonds is 2. The van der Waals surface area contributed by atoms with Gasteiger partial charge in [0.1, 0.15) is 0 Å². The van der Waals surface area contributed by atoms with E-state index in [1.54, 1.807) is 0 Å². The standard InChI is InChI=1S/C14H16BrNO2/c1-9-12(14(17)18-2)7-8-13(16-9)10-3-5-11(15)6-4-10/h3-6,13,16H,7-8H2,1-2H3/t13-/m0/s1. The minimum absolute atomic E-state index is 0.228. The molecule has 4 heteroatoms. The van der Waals surface area contributed by atoms with Crippen molar-refractivity contribution in [2.24, 2.45) is 0 Å². The lowest BCUT2D eigenvalue weighted by Crippen LogP contribution is -2.27. The Balaban J connectivity index is 2.15. The maximum atomic E-state index is 11.5. The molecule has 1 atom stereocenters. The van der Waals surface area contributed by atoms with E-state index in [9.17, 15) is 4.79 Å². The second-order valence-corrected chi connectivity index (χ2v) is 5.30. The summed E-state index contributed by atoms with van der Waals surface area (Å²) in [4.78, 5) is 11.5. The van der Waals surface area contributed by atoms with Gasteiger partial charge in [-0.3, -0.25) is 0 Å². The second kappa shape index (κ2) is 5.57. The van der Waals surface area contributed by atoms with Gasteiger partial charge in [-0.1, -0.05) is 28.1 Å². The molecule has 1 aromatic carbocycles. The Morgan fingerprint density at radius 3 is 2.61 bits per heavy atom. The van der Waals surface area contributed by atoms with E-state index in [1.807, 2.05) is 19.1 Å². The second-order valence-electron chi connectivity index (χ2n) is 4.38. The molecule has 0 aromatic heterocycles. The van der Waals surface area contributed by atoms with Crippen LogP contribution in [0.25, 0.3) is 0 Å².